The predicted molar refractivity (Wildman–Crippen MR) is 58.5 cm³/mol. The van der Waals surface area contributed by atoms with Crippen molar-refractivity contribution in [2.75, 3.05) is 0 Å². The van der Waals surface area contributed by atoms with E-state index in [0.29, 0.717) is 18.8 Å². The number of nitrogens with one attached hydrogen (secondary N) is 1. The minimum absolute atomic E-state index is 0.176. The minimum atomic E-state index is -0.969. The lowest BCUT2D eigenvalue weighted by molar-refractivity contribution is -0.142. The molecule has 0 aliphatic carbocycles. The second-order valence-electron chi connectivity index (χ2n) is 4.29. The van der Waals surface area contributed by atoms with E-state index in [-0.39, 0.29) is 11.8 Å². The van der Waals surface area contributed by atoms with Gasteiger partial charge in [0.25, 0.3) is 0 Å². The third kappa shape index (κ3) is 5.40. The van der Waals surface area contributed by atoms with Gasteiger partial charge in [-0.3, -0.25) is 4.79 Å². The standard InChI is InChI=1S/C11H21NO3/c1-5-9(11(14)15)12-10(13)6-8(4)7(2)3/h7-9H,5-6H2,1-4H3,(H,12,13)(H,14,15). The summed E-state index contributed by atoms with van der Waals surface area (Å²) in [5.74, 6) is -0.439. The average molecular weight is 215 g/mol. The highest BCUT2D eigenvalue weighted by atomic mass is 16.4. The zero-order valence-electron chi connectivity index (χ0n) is 9.91. The molecular weight excluding hydrogens is 194 g/mol. The summed E-state index contributed by atoms with van der Waals surface area (Å²) in [5, 5.41) is 11.3. The first-order valence-corrected chi connectivity index (χ1v) is 5.40. The molecule has 2 N–H and O–H groups in total. The van der Waals surface area contributed by atoms with E-state index in [1.54, 1.807) is 6.92 Å². The summed E-state index contributed by atoms with van der Waals surface area (Å²) in [6, 6.07) is -0.753. The Balaban J connectivity index is 4.07. The molecule has 0 spiro atoms. The Morgan fingerprint density at radius 1 is 1.27 bits per heavy atom. The zero-order valence-corrected chi connectivity index (χ0v) is 9.91. The summed E-state index contributed by atoms with van der Waals surface area (Å²) < 4.78 is 0. The lowest BCUT2D eigenvalue weighted by Crippen LogP contribution is -2.40. The third-order valence-corrected chi connectivity index (χ3v) is 2.69. The maximum atomic E-state index is 11.5. The van der Waals surface area contributed by atoms with E-state index >= 15 is 0 Å². The van der Waals surface area contributed by atoms with Gasteiger partial charge in [0.1, 0.15) is 6.04 Å². The van der Waals surface area contributed by atoms with Crippen LogP contribution in [0.5, 0.6) is 0 Å². The van der Waals surface area contributed by atoms with Crippen molar-refractivity contribution in [2.24, 2.45) is 11.8 Å². The first-order valence-electron chi connectivity index (χ1n) is 5.40. The quantitative estimate of drug-likeness (QED) is 0.708. The van der Waals surface area contributed by atoms with Gasteiger partial charge in [-0.2, -0.15) is 0 Å². The van der Waals surface area contributed by atoms with Crippen LogP contribution in [-0.2, 0) is 9.59 Å². The molecule has 15 heavy (non-hydrogen) atoms. The highest BCUT2D eigenvalue weighted by Crippen LogP contribution is 2.13. The number of carboxylic acid groups (broad SMARTS) is 1. The molecule has 0 saturated heterocycles. The molecule has 0 heterocycles. The molecule has 4 nitrogen and oxygen atoms in total. The van der Waals surface area contributed by atoms with E-state index < -0.39 is 12.0 Å². The van der Waals surface area contributed by atoms with Crippen LogP contribution in [0, 0.1) is 11.8 Å². The van der Waals surface area contributed by atoms with Crippen LogP contribution in [0.4, 0.5) is 0 Å². The Kier molecular flexibility index (Phi) is 5.97. The van der Waals surface area contributed by atoms with Gasteiger partial charge in [-0.15, -0.1) is 0 Å². The maximum absolute atomic E-state index is 11.5. The average Bonchev–Trinajstić information content (AvgIpc) is 2.13. The van der Waals surface area contributed by atoms with Crippen LogP contribution < -0.4 is 5.32 Å². The zero-order chi connectivity index (χ0) is 12.0. The Hall–Kier alpha value is -1.06. The molecule has 0 aliphatic rings. The van der Waals surface area contributed by atoms with Crippen molar-refractivity contribution in [1.29, 1.82) is 0 Å². The molecule has 0 aliphatic heterocycles. The van der Waals surface area contributed by atoms with E-state index in [1.807, 2.05) is 20.8 Å². The Morgan fingerprint density at radius 3 is 2.13 bits per heavy atom. The van der Waals surface area contributed by atoms with Crippen LogP contribution in [0.2, 0.25) is 0 Å². The van der Waals surface area contributed by atoms with Crippen molar-refractivity contribution in [3.8, 4) is 0 Å². The summed E-state index contributed by atoms with van der Waals surface area (Å²) in [4.78, 5) is 22.1. The first-order chi connectivity index (χ1) is 6.88. The van der Waals surface area contributed by atoms with Gasteiger partial charge in [0.2, 0.25) is 5.91 Å². The second-order valence-corrected chi connectivity index (χ2v) is 4.29. The Labute approximate surface area is 91.1 Å². The molecule has 0 saturated carbocycles. The van der Waals surface area contributed by atoms with Gasteiger partial charge in [0.15, 0.2) is 0 Å². The monoisotopic (exact) mass is 215 g/mol. The summed E-state index contributed by atoms with van der Waals surface area (Å²) in [6.07, 6.45) is 0.804. The van der Waals surface area contributed by atoms with E-state index in [2.05, 4.69) is 5.32 Å². The largest absolute Gasteiger partial charge is 0.480 e. The summed E-state index contributed by atoms with van der Waals surface area (Å²) in [5.41, 5.74) is 0. The van der Waals surface area contributed by atoms with Crippen molar-refractivity contribution < 1.29 is 14.7 Å². The number of hydrogen-bond donors (Lipinski definition) is 2. The van der Waals surface area contributed by atoms with Gasteiger partial charge in [-0.25, -0.2) is 4.79 Å². The van der Waals surface area contributed by atoms with Crippen molar-refractivity contribution in [3.63, 3.8) is 0 Å². The molecular formula is C11H21NO3. The fourth-order valence-electron chi connectivity index (χ4n) is 1.12. The maximum Gasteiger partial charge on any atom is 0.326 e. The highest BCUT2D eigenvalue weighted by molar-refractivity contribution is 5.83. The predicted octanol–water partition coefficient (Wildman–Crippen LogP) is 1.65. The molecule has 2 atom stereocenters. The number of carbonyl (C=O) groups excluding carboxylic acids is 1. The number of carbonyl (C=O) groups is 2. The van der Waals surface area contributed by atoms with Gasteiger partial charge in [-0.05, 0) is 18.3 Å². The van der Waals surface area contributed by atoms with E-state index in [9.17, 15) is 9.59 Å². The number of carboxylic acids is 1. The van der Waals surface area contributed by atoms with Gasteiger partial charge >= 0.3 is 5.97 Å². The molecule has 0 aromatic rings. The van der Waals surface area contributed by atoms with Crippen LogP contribution in [-0.4, -0.2) is 23.0 Å². The van der Waals surface area contributed by atoms with Crippen molar-refractivity contribution in [2.45, 2.75) is 46.6 Å². The van der Waals surface area contributed by atoms with Crippen LogP contribution in [0.25, 0.3) is 0 Å². The van der Waals surface area contributed by atoms with Crippen LogP contribution in [0.3, 0.4) is 0 Å². The molecule has 0 bridgehead atoms. The Bertz CT molecular complexity index is 226. The topological polar surface area (TPSA) is 66.4 Å². The number of hydrogen-bond acceptors (Lipinski definition) is 2. The van der Waals surface area contributed by atoms with Gasteiger partial charge in [-0.1, -0.05) is 27.7 Å². The molecule has 4 heteroatoms. The fourth-order valence-corrected chi connectivity index (χ4v) is 1.12. The number of rotatable bonds is 6. The molecule has 2 unspecified atom stereocenters. The molecule has 1 amide bonds. The Morgan fingerprint density at radius 2 is 1.80 bits per heavy atom. The molecule has 88 valence electrons. The molecule has 0 aromatic carbocycles. The first kappa shape index (κ1) is 13.9. The third-order valence-electron chi connectivity index (χ3n) is 2.69. The van der Waals surface area contributed by atoms with Crippen molar-refractivity contribution in [1.82, 2.24) is 5.32 Å². The SMILES string of the molecule is CCC(NC(=O)CC(C)C(C)C)C(=O)O. The molecule has 0 radical (unpaired) electrons. The van der Waals surface area contributed by atoms with Crippen LogP contribution in [0.1, 0.15) is 40.5 Å². The molecule has 0 rings (SSSR count). The molecule has 0 aromatic heterocycles. The van der Waals surface area contributed by atoms with Crippen LogP contribution >= 0.6 is 0 Å². The summed E-state index contributed by atoms with van der Waals surface area (Å²) in [7, 11) is 0. The highest BCUT2D eigenvalue weighted by Gasteiger charge is 2.19. The van der Waals surface area contributed by atoms with Crippen molar-refractivity contribution in [3.05, 3.63) is 0 Å². The van der Waals surface area contributed by atoms with E-state index in [1.165, 1.54) is 0 Å². The molecule has 0 fully saturated rings. The minimum Gasteiger partial charge on any atom is -0.480 e. The van der Waals surface area contributed by atoms with Crippen LogP contribution in [0.15, 0.2) is 0 Å². The van der Waals surface area contributed by atoms with Gasteiger partial charge < -0.3 is 10.4 Å². The number of aliphatic carboxylic acids is 1. The van der Waals surface area contributed by atoms with Gasteiger partial charge in [0, 0.05) is 6.42 Å². The van der Waals surface area contributed by atoms with Crippen molar-refractivity contribution >= 4 is 11.9 Å². The second kappa shape index (κ2) is 6.43. The lowest BCUT2D eigenvalue weighted by Gasteiger charge is -2.17. The smallest absolute Gasteiger partial charge is 0.326 e. The lowest BCUT2D eigenvalue weighted by atomic mass is 9.94. The number of amides is 1. The fraction of sp³-hybridized carbons (Fsp3) is 0.818. The summed E-state index contributed by atoms with van der Waals surface area (Å²) >= 11 is 0. The van der Waals surface area contributed by atoms with E-state index in [0.717, 1.165) is 0 Å². The summed E-state index contributed by atoms with van der Waals surface area (Å²) in [6.45, 7) is 7.83. The van der Waals surface area contributed by atoms with E-state index in [4.69, 9.17) is 5.11 Å². The van der Waals surface area contributed by atoms with Gasteiger partial charge in [0.05, 0.1) is 0 Å². The normalized spacial score (nSPS) is 14.7.